The number of aryl methyl sites for hydroxylation is 1. The third kappa shape index (κ3) is 8.59. The first-order chi connectivity index (χ1) is 28.6. The molecule has 0 aromatic heterocycles. The Morgan fingerprint density at radius 2 is 0.810 bits per heavy atom. The first-order valence-corrected chi connectivity index (χ1v) is 20.3. The van der Waals surface area contributed by atoms with Gasteiger partial charge in [-0.05, 0) is 91.4 Å². The van der Waals surface area contributed by atoms with Crippen LogP contribution in [0, 0.1) is 0 Å². The second kappa shape index (κ2) is 17.9. The molecular weight excluding hydrogens is 711 g/mol. The van der Waals surface area contributed by atoms with Crippen molar-refractivity contribution in [2.75, 3.05) is 5.32 Å². The molecular formula is C51H47N7. The zero-order valence-corrected chi connectivity index (χ0v) is 33.3. The molecule has 7 nitrogen and oxygen atoms in total. The maximum Gasteiger partial charge on any atom is 0.0936 e. The Morgan fingerprint density at radius 3 is 1.26 bits per heavy atom. The Morgan fingerprint density at radius 1 is 0.414 bits per heavy atom. The smallest absolute Gasteiger partial charge is 0.0936 e. The predicted molar refractivity (Wildman–Crippen MR) is 243 cm³/mol. The van der Waals surface area contributed by atoms with Crippen molar-refractivity contribution in [2.45, 2.75) is 58.9 Å². The number of rotatable bonds is 14. The topological polar surface area (TPSA) is 86.2 Å². The molecule has 0 bridgehead atoms. The Bertz CT molecular complexity index is 2770. The summed E-state index contributed by atoms with van der Waals surface area (Å²) in [4.78, 5) is 0. The van der Waals surface area contributed by atoms with Crippen LogP contribution in [0.1, 0.15) is 52.0 Å². The molecule has 0 heterocycles. The zero-order valence-electron chi connectivity index (χ0n) is 33.3. The zero-order chi connectivity index (χ0) is 39.7. The molecule has 0 spiro atoms. The first kappa shape index (κ1) is 38.0. The molecule has 0 aliphatic rings. The highest BCUT2D eigenvalue weighted by Crippen LogP contribution is 2.39. The Labute approximate surface area is 340 Å². The van der Waals surface area contributed by atoms with E-state index in [1.165, 1.54) is 30.4 Å². The van der Waals surface area contributed by atoms with Crippen LogP contribution >= 0.6 is 0 Å². The van der Waals surface area contributed by atoms with Gasteiger partial charge in [-0.15, -0.1) is 25.6 Å². The van der Waals surface area contributed by atoms with Crippen LogP contribution in [0.5, 0.6) is 0 Å². The number of unbranched alkanes of at least 4 members (excludes halogenated alkanes) is 2. The number of nitrogens with zero attached hydrogens (tertiary/aromatic N) is 6. The summed E-state index contributed by atoms with van der Waals surface area (Å²) in [7, 11) is 0. The van der Waals surface area contributed by atoms with Crippen LogP contribution in [-0.2, 0) is 6.42 Å². The van der Waals surface area contributed by atoms with Gasteiger partial charge in [-0.3, -0.25) is 0 Å². The summed E-state index contributed by atoms with van der Waals surface area (Å²) in [5.41, 5.74) is 9.51. The van der Waals surface area contributed by atoms with Gasteiger partial charge in [-0.1, -0.05) is 136 Å². The van der Waals surface area contributed by atoms with Crippen LogP contribution in [0.3, 0.4) is 0 Å². The van der Waals surface area contributed by atoms with Crippen molar-refractivity contribution in [3.63, 3.8) is 0 Å². The quantitative estimate of drug-likeness (QED) is 0.0869. The van der Waals surface area contributed by atoms with Gasteiger partial charge in [-0.2, -0.15) is 5.11 Å². The molecule has 7 heteroatoms. The first-order valence-electron chi connectivity index (χ1n) is 20.3. The van der Waals surface area contributed by atoms with Gasteiger partial charge < -0.3 is 5.32 Å². The molecule has 0 amide bonds. The molecule has 0 aliphatic heterocycles. The minimum absolute atomic E-state index is 0.372. The van der Waals surface area contributed by atoms with Crippen molar-refractivity contribution < 1.29 is 0 Å². The third-order valence-corrected chi connectivity index (χ3v) is 10.7. The van der Waals surface area contributed by atoms with Crippen molar-refractivity contribution in [2.24, 2.45) is 30.7 Å². The molecule has 8 rings (SSSR count). The van der Waals surface area contributed by atoms with Crippen molar-refractivity contribution in [1.82, 2.24) is 0 Å². The molecule has 286 valence electrons. The van der Waals surface area contributed by atoms with Crippen LogP contribution in [0.4, 0.5) is 39.8 Å². The van der Waals surface area contributed by atoms with Gasteiger partial charge >= 0.3 is 0 Å². The average Bonchev–Trinajstić information content (AvgIpc) is 3.28. The van der Waals surface area contributed by atoms with Gasteiger partial charge in [0, 0.05) is 44.0 Å². The fraction of sp³-hybridized carbons (Fsp3) is 0.176. The number of fused-ring (bicyclic) bond motifs is 3. The summed E-state index contributed by atoms with van der Waals surface area (Å²) in [5, 5.41) is 37.9. The molecule has 58 heavy (non-hydrogen) atoms. The van der Waals surface area contributed by atoms with Crippen molar-refractivity contribution >= 4 is 72.1 Å². The van der Waals surface area contributed by atoms with E-state index in [-0.39, 0.29) is 0 Å². The Kier molecular flexibility index (Phi) is 11.8. The molecule has 1 N–H and O–H groups in total. The normalized spacial score (nSPS) is 12.5. The lowest BCUT2D eigenvalue weighted by atomic mass is 10.0. The number of hydrogen-bond donors (Lipinski definition) is 1. The summed E-state index contributed by atoms with van der Waals surface area (Å²) in [5.74, 6) is 0. The molecule has 1 atom stereocenters. The maximum absolute atomic E-state index is 4.76. The van der Waals surface area contributed by atoms with Gasteiger partial charge in [0.15, 0.2) is 0 Å². The average molecular weight is 758 g/mol. The highest BCUT2D eigenvalue weighted by Gasteiger charge is 2.11. The van der Waals surface area contributed by atoms with E-state index >= 15 is 0 Å². The van der Waals surface area contributed by atoms with E-state index in [1.54, 1.807) is 0 Å². The largest absolute Gasteiger partial charge is 0.382 e. The summed E-state index contributed by atoms with van der Waals surface area (Å²) in [6, 6.07) is 54.0. The van der Waals surface area contributed by atoms with Crippen molar-refractivity contribution in [3.8, 4) is 11.1 Å². The minimum Gasteiger partial charge on any atom is -0.382 e. The highest BCUT2D eigenvalue weighted by molar-refractivity contribution is 6.02. The molecule has 8 aromatic rings. The SMILES string of the molecule is CCCCCc1ccc(-c2ccc(/N=N/c3ccc(/N=N/c4ccc(/N=N/c5ccc(NC(C)CC)c6ccccc56)c5ccccc45)c4ccccc34)cc2)cc1. The number of anilines is 1. The van der Waals surface area contributed by atoms with Crippen LogP contribution < -0.4 is 5.32 Å². The van der Waals surface area contributed by atoms with E-state index in [4.69, 9.17) is 20.5 Å². The van der Waals surface area contributed by atoms with E-state index < -0.39 is 0 Å². The van der Waals surface area contributed by atoms with E-state index in [2.05, 4.69) is 103 Å². The lowest BCUT2D eigenvalue weighted by molar-refractivity contribution is 0.717. The lowest BCUT2D eigenvalue weighted by Crippen LogP contribution is -2.13. The molecule has 0 aliphatic carbocycles. The molecule has 0 saturated heterocycles. The molecule has 0 radical (unpaired) electrons. The number of nitrogens with one attached hydrogen (secondary N) is 1. The molecule has 0 saturated carbocycles. The summed E-state index contributed by atoms with van der Waals surface area (Å²) in [6.45, 7) is 6.62. The van der Waals surface area contributed by atoms with Crippen LogP contribution in [-0.4, -0.2) is 6.04 Å². The van der Waals surface area contributed by atoms with Gasteiger partial charge in [0.1, 0.15) is 0 Å². The fourth-order valence-electron chi connectivity index (χ4n) is 7.24. The van der Waals surface area contributed by atoms with Gasteiger partial charge in [-0.25, -0.2) is 0 Å². The number of azo groups is 3. The summed E-state index contributed by atoms with van der Waals surface area (Å²) < 4.78 is 0. The van der Waals surface area contributed by atoms with Gasteiger partial charge in [0.05, 0.1) is 34.1 Å². The monoisotopic (exact) mass is 757 g/mol. The summed E-state index contributed by atoms with van der Waals surface area (Å²) >= 11 is 0. The number of benzene rings is 8. The molecule has 8 aromatic carbocycles. The van der Waals surface area contributed by atoms with E-state index in [9.17, 15) is 0 Å². The Hall–Kier alpha value is -6.86. The highest BCUT2D eigenvalue weighted by atomic mass is 15.1. The van der Waals surface area contributed by atoms with Crippen molar-refractivity contribution in [1.29, 1.82) is 0 Å². The lowest BCUT2D eigenvalue weighted by Gasteiger charge is -2.15. The Balaban J connectivity index is 1.01. The van der Waals surface area contributed by atoms with E-state index in [0.29, 0.717) is 6.04 Å². The van der Waals surface area contributed by atoms with Crippen molar-refractivity contribution in [3.05, 3.63) is 163 Å². The molecule has 0 fully saturated rings. The number of hydrogen-bond acceptors (Lipinski definition) is 7. The standard InChI is InChI=1S/C51H47N7/c1-4-6-7-14-36-21-23-37(24-22-36)38-25-27-39(28-26-38)53-54-47-31-32-49(43-18-11-10-17-42(43)47)57-58-51-34-33-50(44-19-12-13-20-45(44)51)56-55-48-30-29-46(52-35(3)5-2)40-15-8-9-16-41(40)48/h8-13,15-35,52H,4-7,14H2,1-3H3/b54-53+,56-55+,58-57+. The second-order valence-electron chi connectivity index (χ2n) is 14.7. The molecule has 1 unspecified atom stereocenters. The van der Waals surface area contributed by atoms with E-state index in [1.807, 2.05) is 91.0 Å². The van der Waals surface area contributed by atoms with Crippen LogP contribution in [0.25, 0.3) is 43.4 Å². The second-order valence-corrected chi connectivity index (χ2v) is 14.7. The predicted octanol–water partition coefficient (Wildman–Crippen LogP) is 17.0. The van der Waals surface area contributed by atoms with Gasteiger partial charge in [0.2, 0.25) is 0 Å². The van der Waals surface area contributed by atoms with Crippen LogP contribution in [0.2, 0.25) is 0 Å². The minimum atomic E-state index is 0.372. The maximum atomic E-state index is 4.76. The van der Waals surface area contributed by atoms with E-state index in [0.717, 1.165) is 90.5 Å². The van der Waals surface area contributed by atoms with Crippen LogP contribution in [0.15, 0.2) is 188 Å². The fourth-order valence-corrected chi connectivity index (χ4v) is 7.24. The van der Waals surface area contributed by atoms with Gasteiger partial charge in [0.25, 0.3) is 0 Å². The summed E-state index contributed by atoms with van der Waals surface area (Å²) in [6.07, 6.45) is 5.94. The third-order valence-electron chi connectivity index (χ3n) is 10.7.